The molecule has 0 bridgehead atoms. The summed E-state index contributed by atoms with van der Waals surface area (Å²) in [5.74, 6) is 1.42. The highest BCUT2D eigenvalue weighted by Gasteiger charge is 2.09. The predicted molar refractivity (Wildman–Crippen MR) is 90.5 cm³/mol. The van der Waals surface area contributed by atoms with Crippen molar-refractivity contribution in [2.45, 2.75) is 12.3 Å². The van der Waals surface area contributed by atoms with Crippen LogP contribution >= 0.6 is 23.4 Å². The summed E-state index contributed by atoms with van der Waals surface area (Å²) < 4.78 is 0. The molecule has 0 saturated carbocycles. The van der Waals surface area contributed by atoms with Crippen molar-refractivity contribution in [2.75, 3.05) is 12.8 Å². The highest BCUT2D eigenvalue weighted by molar-refractivity contribution is 7.99. The molecule has 0 spiro atoms. The van der Waals surface area contributed by atoms with Crippen LogP contribution in [0, 0.1) is 0 Å². The van der Waals surface area contributed by atoms with E-state index in [2.05, 4.69) is 0 Å². The lowest BCUT2D eigenvalue weighted by atomic mass is 10.2. The van der Waals surface area contributed by atoms with E-state index in [1.165, 1.54) is 0 Å². The molecule has 0 aliphatic rings. The minimum absolute atomic E-state index is 0.144. The molecule has 0 aliphatic heterocycles. The molecule has 1 amide bonds. The average molecular weight is 320 g/mol. The Kier molecular flexibility index (Phi) is 6.15. The predicted octanol–water partition coefficient (Wildman–Crippen LogP) is 4.23. The van der Waals surface area contributed by atoms with Crippen molar-refractivity contribution in [2.24, 2.45) is 0 Å². The molecule has 2 aromatic rings. The lowest BCUT2D eigenvalue weighted by molar-refractivity contribution is -0.127. The number of halogens is 1. The zero-order valence-corrected chi connectivity index (χ0v) is 13.5. The van der Waals surface area contributed by atoms with Gasteiger partial charge in [-0.1, -0.05) is 54.1 Å². The van der Waals surface area contributed by atoms with Crippen molar-refractivity contribution in [3.63, 3.8) is 0 Å². The van der Waals surface area contributed by atoms with Crippen LogP contribution in [0.1, 0.15) is 11.1 Å². The number of amides is 1. The lowest BCUT2D eigenvalue weighted by Gasteiger charge is -2.17. The Hall–Kier alpha value is -1.45. The van der Waals surface area contributed by atoms with Gasteiger partial charge in [0.15, 0.2) is 0 Å². The first-order valence-corrected chi connectivity index (χ1v) is 8.28. The highest BCUT2D eigenvalue weighted by Crippen LogP contribution is 2.17. The van der Waals surface area contributed by atoms with E-state index in [0.717, 1.165) is 21.9 Å². The number of nitrogens with zero attached hydrogens (tertiary/aromatic N) is 1. The number of hydrogen-bond donors (Lipinski definition) is 0. The summed E-state index contributed by atoms with van der Waals surface area (Å²) in [7, 11) is 1.84. The van der Waals surface area contributed by atoms with Crippen LogP contribution in [0.5, 0.6) is 0 Å². The molecule has 21 heavy (non-hydrogen) atoms. The Morgan fingerprint density at radius 3 is 2.52 bits per heavy atom. The molecule has 0 unspecified atom stereocenters. The molecule has 0 heterocycles. The van der Waals surface area contributed by atoms with Gasteiger partial charge in [-0.2, -0.15) is 0 Å². The maximum absolute atomic E-state index is 12.1. The molecule has 0 fully saturated rings. The first-order chi connectivity index (χ1) is 10.1. The fourth-order valence-corrected chi connectivity index (χ4v) is 3.06. The molecular weight excluding hydrogens is 302 g/mol. The van der Waals surface area contributed by atoms with E-state index in [1.54, 1.807) is 16.7 Å². The summed E-state index contributed by atoms with van der Waals surface area (Å²) >= 11 is 7.55. The van der Waals surface area contributed by atoms with Crippen molar-refractivity contribution < 1.29 is 4.79 Å². The maximum Gasteiger partial charge on any atom is 0.232 e. The van der Waals surface area contributed by atoms with E-state index in [4.69, 9.17) is 11.6 Å². The van der Waals surface area contributed by atoms with E-state index in [9.17, 15) is 4.79 Å². The topological polar surface area (TPSA) is 20.3 Å². The average Bonchev–Trinajstić information content (AvgIpc) is 2.48. The number of carbonyl (C=O) groups excluding carboxylic acids is 1. The third-order valence-corrected chi connectivity index (χ3v) is 4.30. The van der Waals surface area contributed by atoms with Gasteiger partial charge in [0.2, 0.25) is 5.91 Å². The number of rotatable bonds is 6. The first kappa shape index (κ1) is 15.9. The van der Waals surface area contributed by atoms with Gasteiger partial charge in [0.1, 0.15) is 0 Å². The van der Waals surface area contributed by atoms with Gasteiger partial charge in [0, 0.05) is 24.4 Å². The smallest absolute Gasteiger partial charge is 0.232 e. The molecule has 0 N–H and O–H groups in total. The Balaban J connectivity index is 1.76. The molecule has 0 aromatic heterocycles. The van der Waals surface area contributed by atoms with Crippen molar-refractivity contribution in [1.29, 1.82) is 0 Å². The molecule has 2 rings (SSSR count). The maximum atomic E-state index is 12.1. The first-order valence-electron chi connectivity index (χ1n) is 6.75. The van der Waals surface area contributed by atoms with Crippen LogP contribution in [-0.2, 0) is 17.1 Å². The fourth-order valence-electron chi connectivity index (χ4n) is 1.94. The molecule has 0 saturated heterocycles. The van der Waals surface area contributed by atoms with Crippen molar-refractivity contribution in [3.05, 3.63) is 70.7 Å². The Morgan fingerprint density at radius 1 is 1.10 bits per heavy atom. The molecular formula is C17H18ClNOS. The van der Waals surface area contributed by atoms with Gasteiger partial charge in [-0.3, -0.25) is 4.79 Å². The Labute approximate surface area is 135 Å². The van der Waals surface area contributed by atoms with E-state index in [-0.39, 0.29) is 5.91 Å². The summed E-state index contributed by atoms with van der Waals surface area (Å²) in [6.45, 7) is 0.650. The SMILES string of the molecule is CN(Cc1ccccc1)C(=O)CSCc1cccc(Cl)c1. The van der Waals surface area contributed by atoms with Gasteiger partial charge in [0.25, 0.3) is 0 Å². The lowest BCUT2D eigenvalue weighted by Crippen LogP contribution is -2.27. The second kappa shape index (κ2) is 8.11. The molecule has 0 atom stereocenters. The summed E-state index contributed by atoms with van der Waals surface area (Å²) in [6, 6.07) is 17.8. The van der Waals surface area contributed by atoms with Gasteiger partial charge in [-0.25, -0.2) is 0 Å². The van der Waals surface area contributed by atoms with Crippen LogP contribution in [0.25, 0.3) is 0 Å². The summed E-state index contributed by atoms with van der Waals surface area (Å²) in [4.78, 5) is 13.8. The number of hydrogen-bond acceptors (Lipinski definition) is 2. The third kappa shape index (κ3) is 5.44. The summed E-state index contributed by atoms with van der Waals surface area (Å²) in [6.07, 6.45) is 0. The van der Waals surface area contributed by atoms with Gasteiger partial charge >= 0.3 is 0 Å². The van der Waals surface area contributed by atoms with Gasteiger partial charge in [-0.15, -0.1) is 11.8 Å². The number of benzene rings is 2. The van der Waals surface area contributed by atoms with Crippen LogP contribution in [0.3, 0.4) is 0 Å². The fraction of sp³-hybridized carbons (Fsp3) is 0.235. The van der Waals surface area contributed by atoms with Crippen LogP contribution in [-0.4, -0.2) is 23.6 Å². The minimum Gasteiger partial charge on any atom is -0.341 e. The van der Waals surface area contributed by atoms with E-state index in [1.807, 2.05) is 61.6 Å². The minimum atomic E-state index is 0.144. The molecule has 2 aromatic carbocycles. The molecule has 0 radical (unpaired) electrons. The van der Waals surface area contributed by atoms with Gasteiger partial charge < -0.3 is 4.90 Å². The van der Waals surface area contributed by atoms with E-state index in [0.29, 0.717) is 12.3 Å². The van der Waals surface area contributed by atoms with Crippen LogP contribution in [0.2, 0.25) is 5.02 Å². The monoisotopic (exact) mass is 319 g/mol. The van der Waals surface area contributed by atoms with Crippen LogP contribution < -0.4 is 0 Å². The molecule has 0 aliphatic carbocycles. The molecule has 4 heteroatoms. The van der Waals surface area contributed by atoms with Crippen LogP contribution in [0.4, 0.5) is 0 Å². The van der Waals surface area contributed by atoms with Crippen molar-refractivity contribution in [3.8, 4) is 0 Å². The normalized spacial score (nSPS) is 10.4. The summed E-state index contributed by atoms with van der Waals surface area (Å²) in [5.41, 5.74) is 2.29. The van der Waals surface area contributed by atoms with Crippen molar-refractivity contribution >= 4 is 29.3 Å². The Bertz CT molecular complexity index is 588. The second-order valence-electron chi connectivity index (χ2n) is 4.86. The second-order valence-corrected chi connectivity index (χ2v) is 6.28. The molecule has 110 valence electrons. The number of carbonyl (C=O) groups is 1. The quantitative estimate of drug-likeness (QED) is 0.794. The largest absolute Gasteiger partial charge is 0.341 e. The van der Waals surface area contributed by atoms with Gasteiger partial charge in [0.05, 0.1) is 5.75 Å². The van der Waals surface area contributed by atoms with Crippen molar-refractivity contribution in [1.82, 2.24) is 4.90 Å². The highest BCUT2D eigenvalue weighted by atomic mass is 35.5. The zero-order chi connectivity index (χ0) is 15.1. The summed E-state index contributed by atoms with van der Waals surface area (Å²) in [5, 5.41) is 0.737. The number of thioether (sulfide) groups is 1. The van der Waals surface area contributed by atoms with E-state index < -0.39 is 0 Å². The van der Waals surface area contributed by atoms with Crippen LogP contribution in [0.15, 0.2) is 54.6 Å². The Morgan fingerprint density at radius 2 is 1.81 bits per heavy atom. The standard InChI is InChI=1S/C17H18ClNOS/c1-19(11-14-6-3-2-4-7-14)17(20)13-21-12-15-8-5-9-16(18)10-15/h2-10H,11-13H2,1H3. The molecule has 2 nitrogen and oxygen atoms in total. The third-order valence-electron chi connectivity index (χ3n) is 3.07. The van der Waals surface area contributed by atoms with E-state index >= 15 is 0 Å². The van der Waals surface area contributed by atoms with Gasteiger partial charge in [-0.05, 0) is 23.3 Å². The zero-order valence-electron chi connectivity index (χ0n) is 12.0.